The number of rotatable bonds is 2. The van der Waals surface area contributed by atoms with E-state index in [0.29, 0.717) is 5.41 Å². The maximum atomic E-state index is 8.61. The third-order valence-corrected chi connectivity index (χ3v) is 4.20. The van der Waals surface area contributed by atoms with Crippen LogP contribution in [0.25, 0.3) is 0 Å². The van der Waals surface area contributed by atoms with Gasteiger partial charge in [-0.1, -0.05) is 27.7 Å². The fraction of sp³-hybridized carbons (Fsp3) is 0.929. The highest BCUT2D eigenvalue weighted by Crippen LogP contribution is 2.43. The largest absolute Gasteiger partial charge is 0.198 e. The van der Waals surface area contributed by atoms with E-state index < -0.39 is 0 Å². The van der Waals surface area contributed by atoms with Gasteiger partial charge in [0.25, 0.3) is 0 Å². The standard InChI is InChI=1S/C14H25N/c1-11-10-13(14(2,3)4)8-7-12(11)6-5-9-15/h11-13H,5-8,10H2,1-4H3/t11-,12-,13+/m1/s1. The summed E-state index contributed by atoms with van der Waals surface area (Å²) in [5.41, 5.74) is 0.467. The molecular formula is C14H25N. The molecule has 0 bridgehead atoms. The van der Waals surface area contributed by atoms with Gasteiger partial charge in [0, 0.05) is 6.42 Å². The summed E-state index contributed by atoms with van der Waals surface area (Å²) in [5, 5.41) is 8.61. The predicted octanol–water partition coefficient (Wildman–Crippen LogP) is 4.39. The first-order valence-electron chi connectivity index (χ1n) is 6.32. The zero-order valence-electron chi connectivity index (χ0n) is 10.7. The summed E-state index contributed by atoms with van der Waals surface area (Å²) in [5.74, 6) is 2.51. The third kappa shape index (κ3) is 3.52. The molecule has 1 nitrogen and oxygen atoms in total. The summed E-state index contributed by atoms with van der Waals surface area (Å²) in [7, 11) is 0. The highest BCUT2D eigenvalue weighted by atomic mass is 14.4. The van der Waals surface area contributed by atoms with E-state index in [-0.39, 0.29) is 0 Å². The SMILES string of the molecule is C[C@@H]1C[C@@H](C(C)(C)C)CC[C@H]1CCC#N. The van der Waals surface area contributed by atoms with Crippen LogP contribution < -0.4 is 0 Å². The van der Waals surface area contributed by atoms with Gasteiger partial charge in [-0.15, -0.1) is 0 Å². The molecule has 1 aliphatic rings. The molecule has 0 radical (unpaired) electrons. The van der Waals surface area contributed by atoms with E-state index in [9.17, 15) is 0 Å². The Labute approximate surface area is 94.9 Å². The monoisotopic (exact) mass is 207 g/mol. The zero-order valence-corrected chi connectivity index (χ0v) is 10.7. The summed E-state index contributed by atoms with van der Waals surface area (Å²) in [6.45, 7) is 9.46. The van der Waals surface area contributed by atoms with Crippen LogP contribution in [0.15, 0.2) is 0 Å². The van der Waals surface area contributed by atoms with E-state index in [0.717, 1.165) is 30.6 Å². The summed E-state index contributed by atoms with van der Waals surface area (Å²) in [4.78, 5) is 0. The molecular weight excluding hydrogens is 182 g/mol. The highest BCUT2D eigenvalue weighted by molar-refractivity contribution is 4.85. The fourth-order valence-electron chi connectivity index (χ4n) is 2.92. The van der Waals surface area contributed by atoms with Crippen LogP contribution in [0.5, 0.6) is 0 Å². The summed E-state index contributed by atoms with van der Waals surface area (Å²) < 4.78 is 0. The van der Waals surface area contributed by atoms with Crippen molar-refractivity contribution in [1.82, 2.24) is 0 Å². The second kappa shape index (κ2) is 5.01. The molecule has 0 N–H and O–H groups in total. The van der Waals surface area contributed by atoms with Gasteiger partial charge in [0.2, 0.25) is 0 Å². The normalized spacial score (nSPS) is 32.3. The molecule has 0 heterocycles. The van der Waals surface area contributed by atoms with Crippen molar-refractivity contribution in [2.75, 3.05) is 0 Å². The molecule has 1 rings (SSSR count). The molecule has 0 unspecified atom stereocenters. The Bertz CT molecular complexity index is 231. The molecule has 0 spiro atoms. The molecule has 15 heavy (non-hydrogen) atoms. The average Bonchev–Trinajstić information content (AvgIpc) is 2.14. The summed E-state index contributed by atoms with van der Waals surface area (Å²) in [6, 6.07) is 2.28. The summed E-state index contributed by atoms with van der Waals surface area (Å²) >= 11 is 0. The first-order valence-corrected chi connectivity index (χ1v) is 6.32. The molecule has 1 fully saturated rings. The molecule has 0 amide bonds. The number of nitriles is 1. The second-order valence-electron chi connectivity index (χ2n) is 6.31. The van der Waals surface area contributed by atoms with Crippen LogP contribution in [-0.2, 0) is 0 Å². The van der Waals surface area contributed by atoms with Gasteiger partial charge in [-0.3, -0.25) is 0 Å². The van der Waals surface area contributed by atoms with Crippen LogP contribution in [0.4, 0.5) is 0 Å². The molecule has 1 aliphatic carbocycles. The Morgan fingerprint density at radius 2 is 1.93 bits per heavy atom. The van der Waals surface area contributed by atoms with E-state index in [1.165, 1.54) is 19.3 Å². The molecule has 0 aliphatic heterocycles. The van der Waals surface area contributed by atoms with Gasteiger partial charge < -0.3 is 0 Å². The minimum Gasteiger partial charge on any atom is -0.198 e. The van der Waals surface area contributed by atoms with E-state index >= 15 is 0 Å². The lowest BCUT2D eigenvalue weighted by Crippen LogP contribution is -2.30. The van der Waals surface area contributed by atoms with Gasteiger partial charge in [-0.25, -0.2) is 0 Å². The molecule has 1 saturated carbocycles. The van der Waals surface area contributed by atoms with Gasteiger partial charge in [-0.05, 0) is 48.9 Å². The highest BCUT2D eigenvalue weighted by Gasteiger charge is 2.33. The number of hydrogen-bond donors (Lipinski definition) is 0. The first kappa shape index (κ1) is 12.6. The fourth-order valence-corrected chi connectivity index (χ4v) is 2.92. The van der Waals surface area contributed by atoms with E-state index in [2.05, 4.69) is 33.8 Å². The van der Waals surface area contributed by atoms with Crippen molar-refractivity contribution in [2.45, 2.75) is 59.8 Å². The molecule has 0 saturated heterocycles. The Hall–Kier alpha value is -0.510. The number of hydrogen-bond acceptors (Lipinski definition) is 1. The minimum absolute atomic E-state index is 0.467. The van der Waals surface area contributed by atoms with Crippen LogP contribution in [-0.4, -0.2) is 0 Å². The van der Waals surface area contributed by atoms with E-state index in [1.807, 2.05) is 0 Å². The Morgan fingerprint density at radius 1 is 1.27 bits per heavy atom. The molecule has 86 valence electrons. The molecule has 3 atom stereocenters. The van der Waals surface area contributed by atoms with Crippen molar-refractivity contribution in [3.8, 4) is 6.07 Å². The Balaban J connectivity index is 2.45. The van der Waals surface area contributed by atoms with Crippen LogP contribution in [0.2, 0.25) is 0 Å². The van der Waals surface area contributed by atoms with E-state index in [4.69, 9.17) is 5.26 Å². The van der Waals surface area contributed by atoms with Crippen molar-refractivity contribution in [1.29, 1.82) is 5.26 Å². The van der Waals surface area contributed by atoms with Crippen molar-refractivity contribution < 1.29 is 0 Å². The van der Waals surface area contributed by atoms with E-state index in [1.54, 1.807) is 0 Å². The van der Waals surface area contributed by atoms with Crippen molar-refractivity contribution in [3.63, 3.8) is 0 Å². The maximum Gasteiger partial charge on any atom is 0.0621 e. The lowest BCUT2D eigenvalue weighted by molar-refractivity contribution is 0.103. The lowest BCUT2D eigenvalue weighted by Gasteiger charge is -2.40. The van der Waals surface area contributed by atoms with Crippen LogP contribution in [0, 0.1) is 34.5 Å². The van der Waals surface area contributed by atoms with Crippen LogP contribution in [0.1, 0.15) is 59.8 Å². The lowest BCUT2D eigenvalue weighted by atomic mass is 9.65. The van der Waals surface area contributed by atoms with Crippen molar-refractivity contribution in [2.24, 2.45) is 23.2 Å². The molecule has 0 aromatic carbocycles. The molecule has 1 heteroatoms. The number of nitrogens with zero attached hydrogens (tertiary/aromatic N) is 1. The Kier molecular flexibility index (Phi) is 4.20. The smallest absolute Gasteiger partial charge is 0.0621 e. The predicted molar refractivity (Wildman–Crippen MR) is 64.3 cm³/mol. The zero-order chi connectivity index (χ0) is 11.5. The van der Waals surface area contributed by atoms with Gasteiger partial charge in [0.05, 0.1) is 6.07 Å². The molecule has 0 aromatic heterocycles. The van der Waals surface area contributed by atoms with Crippen LogP contribution >= 0.6 is 0 Å². The van der Waals surface area contributed by atoms with Gasteiger partial charge in [0.15, 0.2) is 0 Å². The first-order chi connectivity index (χ1) is 6.95. The molecule has 0 aromatic rings. The van der Waals surface area contributed by atoms with Gasteiger partial charge in [0.1, 0.15) is 0 Å². The average molecular weight is 207 g/mol. The van der Waals surface area contributed by atoms with Crippen molar-refractivity contribution >= 4 is 0 Å². The Morgan fingerprint density at radius 3 is 2.40 bits per heavy atom. The van der Waals surface area contributed by atoms with Gasteiger partial charge in [-0.2, -0.15) is 5.26 Å². The van der Waals surface area contributed by atoms with Gasteiger partial charge >= 0.3 is 0 Å². The third-order valence-electron chi connectivity index (χ3n) is 4.20. The van der Waals surface area contributed by atoms with Crippen LogP contribution in [0.3, 0.4) is 0 Å². The maximum absolute atomic E-state index is 8.61. The topological polar surface area (TPSA) is 23.8 Å². The summed E-state index contributed by atoms with van der Waals surface area (Å²) in [6.07, 6.45) is 5.93. The van der Waals surface area contributed by atoms with Crippen molar-refractivity contribution in [3.05, 3.63) is 0 Å². The second-order valence-corrected chi connectivity index (χ2v) is 6.31. The quantitative estimate of drug-likeness (QED) is 0.659. The minimum atomic E-state index is 0.467.